The summed E-state index contributed by atoms with van der Waals surface area (Å²) in [7, 11) is 0. The number of fused-ring (bicyclic) bond motifs is 7. The number of esters is 1. The van der Waals surface area contributed by atoms with Crippen LogP contribution in [0.25, 0.3) is 0 Å². The molecule has 0 aromatic rings. The van der Waals surface area contributed by atoms with E-state index in [1.54, 1.807) is 0 Å². The van der Waals surface area contributed by atoms with Gasteiger partial charge in [0, 0.05) is 24.2 Å². The van der Waals surface area contributed by atoms with Crippen molar-refractivity contribution >= 4 is 11.8 Å². The Bertz CT molecular complexity index is 965. The van der Waals surface area contributed by atoms with Gasteiger partial charge in [0.1, 0.15) is 11.4 Å². The van der Waals surface area contributed by atoms with E-state index in [4.69, 9.17) is 4.74 Å². The third kappa shape index (κ3) is 1.71. The van der Waals surface area contributed by atoms with E-state index in [9.17, 15) is 25.1 Å². The van der Waals surface area contributed by atoms with Crippen LogP contribution in [0.2, 0.25) is 0 Å². The number of allylic oxidation sites excluding steroid dienone is 2. The number of carbonyl (C=O) groups is 2. The highest BCUT2D eigenvalue weighted by Crippen LogP contribution is 2.76. The SMILES string of the molecule is C[C@@]12C[C@@H](O)[C@H]3[C@@H]([C@@H]4C[C@]5(C#N)C(=C(O)CC[C@]35C)C4=O)[C@H]1CC[C@@]21CCC(=O)O1. The second-order valence-electron chi connectivity index (χ2n) is 11.3. The van der Waals surface area contributed by atoms with Gasteiger partial charge >= 0.3 is 5.97 Å². The van der Waals surface area contributed by atoms with Crippen molar-refractivity contribution in [2.45, 2.75) is 76.9 Å². The average Bonchev–Trinajstić information content (AvgIpc) is 3.31. The fourth-order valence-corrected chi connectivity index (χ4v) is 9.47. The van der Waals surface area contributed by atoms with Crippen molar-refractivity contribution in [3.05, 3.63) is 11.3 Å². The van der Waals surface area contributed by atoms with Crippen LogP contribution in [-0.2, 0) is 14.3 Å². The molecule has 5 aliphatic carbocycles. The Hall–Kier alpha value is -1.87. The van der Waals surface area contributed by atoms with Crippen LogP contribution in [0.4, 0.5) is 0 Å². The molecule has 1 saturated heterocycles. The topological polar surface area (TPSA) is 108 Å². The number of ether oxygens (including phenoxy) is 1. The molecule has 6 nitrogen and oxygen atoms in total. The van der Waals surface area contributed by atoms with Crippen LogP contribution in [0.3, 0.4) is 0 Å². The van der Waals surface area contributed by atoms with Gasteiger partial charge in [-0.05, 0) is 61.7 Å². The summed E-state index contributed by atoms with van der Waals surface area (Å²) >= 11 is 0. The Balaban J connectivity index is 1.53. The zero-order chi connectivity index (χ0) is 21.3. The summed E-state index contributed by atoms with van der Waals surface area (Å²) < 4.78 is 5.95. The average molecular weight is 411 g/mol. The molecule has 4 saturated carbocycles. The Morgan fingerprint density at radius 3 is 2.53 bits per heavy atom. The van der Waals surface area contributed by atoms with Gasteiger partial charge in [0.25, 0.3) is 0 Å². The highest BCUT2D eigenvalue weighted by molar-refractivity contribution is 6.03. The van der Waals surface area contributed by atoms with Gasteiger partial charge in [-0.3, -0.25) is 9.59 Å². The van der Waals surface area contributed by atoms with Gasteiger partial charge in [-0.25, -0.2) is 0 Å². The number of ketones is 1. The molecule has 6 aliphatic rings. The molecule has 1 aliphatic heterocycles. The van der Waals surface area contributed by atoms with Gasteiger partial charge in [0.15, 0.2) is 5.78 Å². The molecule has 0 aromatic heterocycles. The summed E-state index contributed by atoms with van der Waals surface area (Å²) in [5.74, 6) is -0.518. The predicted octanol–water partition coefficient (Wildman–Crippen LogP) is 3.20. The largest absolute Gasteiger partial charge is 0.512 e. The Morgan fingerprint density at radius 1 is 1.10 bits per heavy atom. The van der Waals surface area contributed by atoms with Crippen LogP contribution in [0, 0.1) is 51.2 Å². The lowest BCUT2D eigenvalue weighted by atomic mass is 9.40. The maximum atomic E-state index is 13.6. The molecular formula is C24H29NO5. The number of aliphatic hydroxyl groups is 2. The first-order valence-electron chi connectivity index (χ1n) is 11.4. The van der Waals surface area contributed by atoms with Crippen LogP contribution in [-0.4, -0.2) is 33.7 Å². The van der Waals surface area contributed by atoms with Crippen LogP contribution >= 0.6 is 0 Å². The minimum Gasteiger partial charge on any atom is -0.512 e. The first kappa shape index (κ1) is 18.9. The van der Waals surface area contributed by atoms with Gasteiger partial charge < -0.3 is 14.9 Å². The van der Waals surface area contributed by atoms with Gasteiger partial charge in [-0.1, -0.05) is 13.8 Å². The molecule has 0 aromatic carbocycles. The molecule has 9 atom stereocenters. The molecule has 5 fully saturated rings. The van der Waals surface area contributed by atoms with Gasteiger partial charge in [-0.15, -0.1) is 0 Å². The molecule has 0 unspecified atom stereocenters. The van der Waals surface area contributed by atoms with Crippen LogP contribution in [0.1, 0.15) is 65.2 Å². The molecule has 2 bridgehead atoms. The first-order chi connectivity index (χ1) is 14.1. The number of carbonyl (C=O) groups excluding carboxylic acids is 2. The van der Waals surface area contributed by atoms with Crippen molar-refractivity contribution in [2.75, 3.05) is 0 Å². The second kappa shape index (κ2) is 5.30. The molecule has 0 amide bonds. The molecule has 6 rings (SSSR count). The summed E-state index contributed by atoms with van der Waals surface area (Å²) in [6.45, 7) is 4.22. The molecule has 1 spiro atoms. The molecule has 30 heavy (non-hydrogen) atoms. The number of aliphatic hydroxyl groups excluding tert-OH is 2. The normalized spacial score (nSPS) is 56.0. The molecule has 160 valence electrons. The smallest absolute Gasteiger partial charge is 0.306 e. The van der Waals surface area contributed by atoms with E-state index in [0.717, 1.165) is 12.8 Å². The van der Waals surface area contributed by atoms with E-state index < -0.39 is 22.5 Å². The maximum Gasteiger partial charge on any atom is 0.306 e. The number of rotatable bonds is 0. The monoisotopic (exact) mass is 411 g/mol. The summed E-state index contributed by atoms with van der Waals surface area (Å²) in [6, 6.07) is 2.47. The van der Waals surface area contributed by atoms with E-state index >= 15 is 0 Å². The van der Waals surface area contributed by atoms with Crippen LogP contribution < -0.4 is 0 Å². The van der Waals surface area contributed by atoms with Gasteiger partial charge in [0.2, 0.25) is 0 Å². The van der Waals surface area contributed by atoms with E-state index in [-0.39, 0.29) is 46.6 Å². The van der Waals surface area contributed by atoms with Gasteiger partial charge in [-0.2, -0.15) is 5.26 Å². The zero-order valence-corrected chi connectivity index (χ0v) is 17.6. The number of Topliss-reactive ketones (excluding diaryl/α,β-unsaturated/α-hetero) is 1. The lowest BCUT2D eigenvalue weighted by molar-refractivity contribution is -0.207. The maximum absolute atomic E-state index is 13.6. The molecule has 1 heterocycles. The van der Waals surface area contributed by atoms with Crippen molar-refractivity contribution in [1.29, 1.82) is 5.26 Å². The summed E-state index contributed by atoms with van der Waals surface area (Å²) in [5.41, 5.74) is -2.10. The Morgan fingerprint density at radius 2 is 1.87 bits per heavy atom. The van der Waals surface area contributed by atoms with Gasteiger partial charge in [0.05, 0.1) is 23.2 Å². The second-order valence-corrected chi connectivity index (χ2v) is 11.3. The molecular weight excluding hydrogens is 382 g/mol. The molecule has 6 heteroatoms. The van der Waals surface area contributed by atoms with Crippen LogP contribution in [0.15, 0.2) is 11.3 Å². The van der Waals surface area contributed by atoms with Crippen LogP contribution in [0.5, 0.6) is 0 Å². The number of hydrogen-bond acceptors (Lipinski definition) is 6. The minimum atomic E-state index is -0.997. The Kier molecular flexibility index (Phi) is 3.33. The predicted molar refractivity (Wildman–Crippen MR) is 105 cm³/mol. The van der Waals surface area contributed by atoms with Crippen molar-refractivity contribution in [1.82, 2.24) is 0 Å². The van der Waals surface area contributed by atoms with Crippen molar-refractivity contribution in [3.8, 4) is 6.07 Å². The van der Waals surface area contributed by atoms with E-state index in [2.05, 4.69) is 19.9 Å². The lowest BCUT2D eigenvalue weighted by Gasteiger charge is -2.63. The number of nitriles is 1. The fourth-order valence-electron chi connectivity index (χ4n) is 9.47. The van der Waals surface area contributed by atoms with E-state index in [0.29, 0.717) is 44.1 Å². The highest BCUT2D eigenvalue weighted by atomic mass is 16.6. The third-order valence-electron chi connectivity index (χ3n) is 10.8. The van der Waals surface area contributed by atoms with E-state index in [1.165, 1.54) is 0 Å². The Labute approximate surface area is 176 Å². The summed E-state index contributed by atoms with van der Waals surface area (Å²) in [5, 5.41) is 32.5. The summed E-state index contributed by atoms with van der Waals surface area (Å²) in [6.07, 6.45) is 4.11. The third-order valence-corrected chi connectivity index (χ3v) is 10.8. The highest BCUT2D eigenvalue weighted by Gasteiger charge is 2.77. The standard InChI is InChI=1S/C24H29NO5/c1-21-6-4-14(26)19-20(29)12(9-23(19,21)11-25)17-13-3-7-24(8-5-16(28)30-24)22(13,2)10-15(27)18(17)21/h12-13,15,17-18,26-27H,3-10H2,1-2H3/t12-,13+,15+,17-,18-,21+,22+,23-,24+/m0/s1. The molecule has 2 N–H and O–H groups in total. The summed E-state index contributed by atoms with van der Waals surface area (Å²) in [4.78, 5) is 25.7. The fraction of sp³-hybridized carbons (Fsp3) is 0.792. The number of nitrogens with zero attached hydrogens (tertiary/aromatic N) is 1. The molecule has 0 radical (unpaired) electrons. The minimum absolute atomic E-state index is 0.0418. The van der Waals surface area contributed by atoms with Crippen molar-refractivity contribution < 1.29 is 24.5 Å². The van der Waals surface area contributed by atoms with Crippen molar-refractivity contribution in [2.24, 2.45) is 39.9 Å². The quantitative estimate of drug-likeness (QED) is 0.593. The lowest BCUT2D eigenvalue weighted by Crippen LogP contribution is -2.63. The number of hydrogen-bond donors (Lipinski definition) is 2. The van der Waals surface area contributed by atoms with E-state index in [1.807, 2.05) is 0 Å². The first-order valence-corrected chi connectivity index (χ1v) is 11.4. The zero-order valence-electron chi connectivity index (χ0n) is 17.6. The van der Waals surface area contributed by atoms with Crippen molar-refractivity contribution in [3.63, 3.8) is 0 Å².